The number of rotatable bonds is 1. The molecule has 1 rings (SSSR count). The monoisotopic (exact) mass is 209 g/mol. The summed E-state index contributed by atoms with van der Waals surface area (Å²) < 4.78 is 0. The van der Waals surface area contributed by atoms with Gasteiger partial charge in [0, 0.05) is 38.7 Å². The molecular weight excluding hydrogens is 205 g/mol. The number of carbonyl (C=O) groups excluding carboxylic acids is 1. The third-order valence-corrected chi connectivity index (χ3v) is 0.943. The molecule has 0 spiro atoms. The number of hydrogen-bond donors (Lipinski definition) is 0. The number of hydrogen-bond acceptors (Lipinski definition) is 2. The van der Waals surface area contributed by atoms with Gasteiger partial charge in [-0.25, -0.2) is 0 Å². The van der Waals surface area contributed by atoms with Gasteiger partial charge >= 0.3 is 0 Å². The van der Waals surface area contributed by atoms with Crippen LogP contribution >= 0.6 is 0 Å². The van der Waals surface area contributed by atoms with Gasteiger partial charge in [-0.2, -0.15) is 30.3 Å². The molecule has 0 unspecified atom stereocenters. The first-order chi connectivity index (χ1) is 4.30. The molecule has 2 nitrogen and oxygen atoms in total. The van der Waals surface area contributed by atoms with E-state index in [0.29, 0.717) is 0 Å². The van der Waals surface area contributed by atoms with Crippen LogP contribution in [0.1, 0.15) is 10.4 Å². The molecule has 0 aliphatic carbocycles. The van der Waals surface area contributed by atoms with E-state index < -0.39 is 5.97 Å². The smallest absolute Gasteiger partial charge is 0.0154 e. The van der Waals surface area contributed by atoms with E-state index in [2.05, 4.69) is 6.07 Å². The zero-order valence-electron chi connectivity index (χ0n) is 5.20. The Kier molecular flexibility index (Phi) is 4.49. The molecule has 0 heterocycles. The minimum atomic E-state index is -1.16. The molecule has 0 bridgehead atoms. The summed E-state index contributed by atoms with van der Waals surface area (Å²) >= 11 is 0. The first-order valence-corrected chi connectivity index (χ1v) is 2.48. The fourth-order valence-corrected chi connectivity index (χ4v) is 0.520. The van der Waals surface area contributed by atoms with Crippen molar-refractivity contribution in [1.82, 2.24) is 0 Å². The Bertz CT molecular complexity index is 208. The molecule has 3 heteroatoms. The average Bonchev–Trinajstić information content (AvgIpc) is 1.90. The van der Waals surface area contributed by atoms with Crippen LogP contribution in [0.15, 0.2) is 24.3 Å². The van der Waals surface area contributed by atoms with Crippen LogP contribution in [-0.4, -0.2) is 5.97 Å². The van der Waals surface area contributed by atoms with Gasteiger partial charge in [0.15, 0.2) is 0 Å². The molecule has 1 aromatic carbocycles. The normalized spacial score (nSPS) is 8.00. The van der Waals surface area contributed by atoms with Gasteiger partial charge < -0.3 is 9.90 Å². The van der Waals surface area contributed by atoms with Crippen molar-refractivity contribution < 1.29 is 42.6 Å². The van der Waals surface area contributed by atoms with Gasteiger partial charge in [0.1, 0.15) is 0 Å². The first kappa shape index (κ1) is 9.79. The van der Waals surface area contributed by atoms with E-state index in [9.17, 15) is 9.90 Å². The predicted molar refractivity (Wildman–Crippen MR) is 29.6 cm³/mol. The van der Waals surface area contributed by atoms with E-state index in [4.69, 9.17) is 0 Å². The van der Waals surface area contributed by atoms with Gasteiger partial charge in [0.05, 0.1) is 0 Å². The Morgan fingerprint density at radius 3 is 2.60 bits per heavy atom. The Morgan fingerprint density at radius 1 is 1.60 bits per heavy atom. The zero-order valence-corrected chi connectivity index (χ0v) is 8.04. The SMILES string of the molecule is O=C([O-])c1c[c-]ccc1.[Y]. The maximum Gasteiger partial charge on any atom is 0.0154 e. The summed E-state index contributed by atoms with van der Waals surface area (Å²) in [5, 5.41) is 10.1. The molecule has 49 valence electrons. The van der Waals surface area contributed by atoms with Gasteiger partial charge in [0.25, 0.3) is 0 Å². The van der Waals surface area contributed by atoms with E-state index in [1.54, 1.807) is 12.1 Å². The first-order valence-electron chi connectivity index (χ1n) is 2.48. The summed E-state index contributed by atoms with van der Waals surface area (Å²) in [5.74, 6) is -1.16. The van der Waals surface area contributed by atoms with Crippen molar-refractivity contribution >= 4 is 5.97 Å². The largest absolute Gasteiger partial charge is 0.559 e. The van der Waals surface area contributed by atoms with Crippen LogP contribution in [0.2, 0.25) is 0 Å². The summed E-state index contributed by atoms with van der Waals surface area (Å²) in [5.41, 5.74) is 0.164. The maximum absolute atomic E-state index is 10.1. The molecule has 0 amide bonds. The van der Waals surface area contributed by atoms with Crippen LogP contribution in [0.4, 0.5) is 0 Å². The number of carboxylic acids is 1. The van der Waals surface area contributed by atoms with Crippen LogP contribution in [0.3, 0.4) is 0 Å². The van der Waals surface area contributed by atoms with Gasteiger partial charge in [-0.15, -0.1) is 5.56 Å². The molecule has 0 aliphatic heterocycles. The maximum atomic E-state index is 10.1. The van der Waals surface area contributed by atoms with Crippen molar-refractivity contribution in [2.45, 2.75) is 0 Å². The molecule has 0 N–H and O–H groups in total. The second-order valence-electron chi connectivity index (χ2n) is 1.58. The Labute approximate surface area is 84.1 Å². The summed E-state index contributed by atoms with van der Waals surface area (Å²) in [6, 6.07) is 8.69. The molecule has 1 radical (unpaired) electrons. The molecule has 0 fully saturated rings. The van der Waals surface area contributed by atoms with E-state index in [0.717, 1.165) is 0 Å². The van der Waals surface area contributed by atoms with E-state index >= 15 is 0 Å². The fourth-order valence-electron chi connectivity index (χ4n) is 0.520. The minimum Gasteiger partial charge on any atom is -0.559 e. The van der Waals surface area contributed by atoms with Crippen molar-refractivity contribution in [2.24, 2.45) is 0 Å². The second kappa shape index (κ2) is 4.58. The minimum absolute atomic E-state index is 0. The zero-order chi connectivity index (χ0) is 6.69. The van der Waals surface area contributed by atoms with Crippen LogP contribution in [0.25, 0.3) is 0 Å². The predicted octanol–water partition coefficient (Wildman–Crippen LogP) is -0.152. The van der Waals surface area contributed by atoms with Gasteiger partial charge in [-0.05, 0) is 0 Å². The van der Waals surface area contributed by atoms with Crippen LogP contribution < -0.4 is 5.11 Å². The molecule has 0 aliphatic rings. The summed E-state index contributed by atoms with van der Waals surface area (Å²) in [6.45, 7) is 0. The van der Waals surface area contributed by atoms with E-state index in [-0.39, 0.29) is 38.3 Å². The molecule has 0 saturated carbocycles. The fraction of sp³-hybridized carbons (Fsp3) is 0. The molecule has 1 aromatic rings. The Morgan fingerprint density at radius 2 is 2.30 bits per heavy atom. The quantitative estimate of drug-likeness (QED) is 0.603. The molecular formula is C7H4O2Y-2. The third kappa shape index (κ3) is 2.59. The number of carboxylic acid groups (broad SMARTS) is 1. The molecule has 0 aromatic heterocycles. The van der Waals surface area contributed by atoms with Gasteiger partial charge in [0.2, 0.25) is 0 Å². The van der Waals surface area contributed by atoms with Gasteiger partial charge in [-0.1, -0.05) is 0 Å². The number of benzene rings is 1. The summed E-state index contributed by atoms with van der Waals surface area (Å²) in [4.78, 5) is 10.1. The van der Waals surface area contributed by atoms with Crippen molar-refractivity contribution in [1.29, 1.82) is 0 Å². The number of aromatic carboxylic acids is 1. The summed E-state index contributed by atoms with van der Waals surface area (Å²) in [6.07, 6.45) is 0. The topological polar surface area (TPSA) is 40.1 Å². The molecule has 10 heavy (non-hydrogen) atoms. The van der Waals surface area contributed by atoms with Crippen LogP contribution in [0, 0.1) is 6.07 Å². The Balaban J connectivity index is 0.000000810. The van der Waals surface area contributed by atoms with Crippen LogP contribution in [-0.2, 0) is 32.7 Å². The second-order valence-corrected chi connectivity index (χ2v) is 1.58. The molecule has 0 atom stereocenters. The Hall–Kier alpha value is -0.206. The van der Waals surface area contributed by atoms with E-state index in [1.807, 2.05) is 0 Å². The van der Waals surface area contributed by atoms with Crippen molar-refractivity contribution in [3.8, 4) is 0 Å². The summed E-state index contributed by atoms with van der Waals surface area (Å²) in [7, 11) is 0. The van der Waals surface area contributed by atoms with Crippen LogP contribution in [0.5, 0.6) is 0 Å². The third-order valence-electron chi connectivity index (χ3n) is 0.943. The van der Waals surface area contributed by atoms with Crippen molar-refractivity contribution in [3.63, 3.8) is 0 Å². The van der Waals surface area contributed by atoms with E-state index in [1.165, 1.54) is 12.1 Å². The standard InChI is InChI=1S/C7H5O2.Y/c8-7(9)6-4-2-1-3-5-6;/h1-2,4-5H,(H,8,9);/q-1;/p-1. The number of carbonyl (C=O) groups is 1. The van der Waals surface area contributed by atoms with Gasteiger partial charge in [-0.3, -0.25) is 0 Å². The molecule has 0 saturated heterocycles. The average molecular weight is 209 g/mol. The van der Waals surface area contributed by atoms with Crippen molar-refractivity contribution in [3.05, 3.63) is 35.9 Å². The van der Waals surface area contributed by atoms with Crippen molar-refractivity contribution in [2.75, 3.05) is 0 Å².